The van der Waals surface area contributed by atoms with Crippen molar-refractivity contribution < 1.29 is 0 Å². The van der Waals surface area contributed by atoms with Crippen LogP contribution in [0.3, 0.4) is 0 Å². The molecule has 0 nitrogen and oxygen atoms in total. The summed E-state index contributed by atoms with van der Waals surface area (Å²) in [5, 5.41) is 0. The molecule has 0 aromatic heterocycles. The zero-order valence-corrected chi connectivity index (χ0v) is 23.8. The fourth-order valence-electron chi connectivity index (χ4n) is 4.08. The number of unbranched alkanes of at least 4 members (excludes halogenated alkanes) is 7. The molecule has 0 saturated carbocycles. The first-order valence-corrected chi connectivity index (χ1v) is 21.3. The van der Waals surface area contributed by atoms with Gasteiger partial charge in [0.05, 0.1) is 0 Å². The standard InChI is InChI=1S/C14H19Se.3C4H9.Sn/c1-2-3-4-5-6-10-13-15-14-11-8-7-9-12-14;3*1-3-4-2;/h7-12H,2-6H2,1H3;3*1,3-4H2,2H3;. The Balaban J connectivity index is 3.13. The monoisotopic (exact) mass is 558 g/mol. The van der Waals surface area contributed by atoms with Crippen LogP contribution >= 0.6 is 0 Å². The van der Waals surface area contributed by atoms with Crippen LogP contribution in [-0.2, 0) is 0 Å². The molecule has 1 aromatic carbocycles. The van der Waals surface area contributed by atoms with Crippen LogP contribution in [-0.4, -0.2) is 33.3 Å². The van der Waals surface area contributed by atoms with Gasteiger partial charge in [0.25, 0.3) is 0 Å². The van der Waals surface area contributed by atoms with Crippen molar-refractivity contribution in [2.24, 2.45) is 0 Å². The zero-order chi connectivity index (χ0) is 20.5. The third kappa shape index (κ3) is 10.4. The van der Waals surface area contributed by atoms with Crippen molar-refractivity contribution in [2.45, 2.75) is 112 Å². The van der Waals surface area contributed by atoms with Crippen LogP contribution in [0.15, 0.2) is 38.9 Å². The summed E-state index contributed by atoms with van der Waals surface area (Å²) in [4.78, 5) is 0. The van der Waals surface area contributed by atoms with Crippen molar-refractivity contribution >= 4 is 37.8 Å². The topological polar surface area (TPSA) is 0 Å². The van der Waals surface area contributed by atoms with E-state index in [0.29, 0.717) is 15.0 Å². The second-order valence-corrected chi connectivity index (χ2v) is 26.2. The molecule has 0 aliphatic heterocycles. The first-order valence-electron chi connectivity index (χ1n) is 12.2. The summed E-state index contributed by atoms with van der Waals surface area (Å²) in [6.07, 6.45) is 18.3. The van der Waals surface area contributed by atoms with Gasteiger partial charge in [0.2, 0.25) is 0 Å². The summed E-state index contributed by atoms with van der Waals surface area (Å²) in [6, 6.07) is 11.5. The number of hydrogen-bond donors (Lipinski definition) is 0. The zero-order valence-electron chi connectivity index (χ0n) is 19.3. The molecule has 0 spiro atoms. The van der Waals surface area contributed by atoms with E-state index in [0.717, 1.165) is 0 Å². The third-order valence-electron chi connectivity index (χ3n) is 5.91. The summed E-state index contributed by atoms with van der Waals surface area (Å²) in [5.41, 5.74) is 0. The second-order valence-electron chi connectivity index (χ2n) is 8.42. The van der Waals surface area contributed by atoms with Crippen molar-refractivity contribution in [2.75, 3.05) is 0 Å². The van der Waals surface area contributed by atoms with Gasteiger partial charge in [0, 0.05) is 0 Å². The van der Waals surface area contributed by atoms with Crippen LogP contribution in [0.2, 0.25) is 13.3 Å². The molecule has 28 heavy (non-hydrogen) atoms. The van der Waals surface area contributed by atoms with Crippen LogP contribution in [0, 0.1) is 0 Å². The average Bonchev–Trinajstić information content (AvgIpc) is 2.73. The fraction of sp³-hybridized carbons (Fsp3) is 0.692. The van der Waals surface area contributed by atoms with Crippen molar-refractivity contribution in [1.82, 2.24) is 0 Å². The van der Waals surface area contributed by atoms with Gasteiger partial charge in [-0.05, 0) is 0 Å². The summed E-state index contributed by atoms with van der Waals surface area (Å²) in [5.74, 6) is 0. The molecule has 2 heteroatoms. The van der Waals surface area contributed by atoms with Gasteiger partial charge in [-0.25, -0.2) is 0 Å². The van der Waals surface area contributed by atoms with Crippen LogP contribution in [0.25, 0.3) is 0 Å². The normalized spacial score (nSPS) is 12.5. The van der Waals surface area contributed by atoms with Crippen LogP contribution < -0.4 is 4.46 Å². The van der Waals surface area contributed by atoms with E-state index in [1.54, 1.807) is 17.8 Å². The Kier molecular flexibility index (Phi) is 16.0. The van der Waals surface area contributed by atoms with E-state index in [2.05, 4.69) is 64.1 Å². The molecule has 0 amide bonds. The third-order valence-corrected chi connectivity index (χ3v) is 30.2. The predicted octanol–water partition coefficient (Wildman–Crippen LogP) is 8.26. The first kappa shape index (κ1) is 26.3. The van der Waals surface area contributed by atoms with Crippen molar-refractivity contribution in [3.05, 3.63) is 38.9 Å². The van der Waals surface area contributed by atoms with E-state index in [1.165, 1.54) is 70.6 Å². The molecule has 0 saturated heterocycles. The molecule has 1 aromatic rings. The van der Waals surface area contributed by atoms with Gasteiger partial charge < -0.3 is 0 Å². The number of benzene rings is 1. The van der Waals surface area contributed by atoms with Gasteiger partial charge in [0.1, 0.15) is 0 Å². The Hall–Kier alpha value is 0.278. The maximum absolute atomic E-state index is 2.81. The van der Waals surface area contributed by atoms with Gasteiger partial charge in [-0.1, -0.05) is 0 Å². The molecule has 0 unspecified atom stereocenters. The SMILES string of the molecule is CCCCCC/C=[C](/[Se]c1ccccc1)[Sn]([CH2]CCC)([CH2]CCC)[CH2]CCC. The van der Waals surface area contributed by atoms with E-state index in [4.69, 9.17) is 0 Å². The van der Waals surface area contributed by atoms with E-state index < -0.39 is 18.4 Å². The Morgan fingerprint density at radius 1 is 0.714 bits per heavy atom. The molecule has 0 fully saturated rings. The van der Waals surface area contributed by atoms with Crippen molar-refractivity contribution in [1.29, 1.82) is 0 Å². The summed E-state index contributed by atoms with van der Waals surface area (Å²) >= 11 is -1.71. The minimum absolute atomic E-state index is 0.567. The van der Waals surface area contributed by atoms with Gasteiger partial charge in [-0.15, -0.1) is 0 Å². The molecular weight excluding hydrogens is 510 g/mol. The Bertz CT molecular complexity index is 487. The Morgan fingerprint density at radius 2 is 1.25 bits per heavy atom. The maximum atomic E-state index is 2.81. The molecule has 0 heterocycles. The van der Waals surface area contributed by atoms with E-state index in [9.17, 15) is 0 Å². The molecule has 0 aliphatic carbocycles. The van der Waals surface area contributed by atoms with Crippen LogP contribution in [0.1, 0.15) is 98.3 Å². The molecule has 0 aliphatic rings. The second kappa shape index (κ2) is 17.0. The molecule has 0 radical (unpaired) electrons. The van der Waals surface area contributed by atoms with Crippen molar-refractivity contribution in [3.8, 4) is 0 Å². The molecule has 0 atom stereocenters. The number of hydrogen-bond acceptors (Lipinski definition) is 0. The molecule has 160 valence electrons. The summed E-state index contributed by atoms with van der Waals surface area (Å²) in [7, 11) is 0. The van der Waals surface area contributed by atoms with Crippen LogP contribution in [0.5, 0.6) is 0 Å². The van der Waals surface area contributed by atoms with Gasteiger partial charge >= 0.3 is 188 Å². The van der Waals surface area contributed by atoms with E-state index >= 15 is 0 Å². The Labute approximate surface area is 187 Å². The van der Waals surface area contributed by atoms with Gasteiger partial charge in [-0.2, -0.15) is 0 Å². The predicted molar refractivity (Wildman–Crippen MR) is 134 cm³/mol. The quantitative estimate of drug-likeness (QED) is 0.134. The number of rotatable bonds is 17. The molecular formula is C26H46SeSn. The van der Waals surface area contributed by atoms with E-state index in [1.807, 2.05) is 2.49 Å². The van der Waals surface area contributed by atoms with Gasteiger partial charge in [0.15, 0.2) is 0 Å². The average molecular weight is 556 g/mol. The van der Waals surface area contributed by atoms with E-state index in [-0.39, 0.29) is 0 Å². The van der Waals surface area contributed by atoms with Gasteiger partial charge in [-0.3, -0.25) is 0 Å². The minimum atomic E-state index is -2.28. The summed E-state index contributed by atoms with van der Waals surface area (Å²) in [6.45, 7) is 9.51. The van der Waals surface area contributed by atoms with Crippen molar-refractivity contribution in [3.63, 3.8) is 0 Å². The number of allylic oxidation sites excluding steroid dienone is 1. The molecule has 0 N–H and O–H groups in total. The molecule has 0 bridgehead atoms. The van der Waals surface area contributed by atoms with Crippen LogP contribution in [0.4, 0.5) is 0 Å². The molecule has 1 rings (SSSR count). The fourth-order valence-corrected chi connectivity index (χ4v) is 30.1. The summed E-state index contributed by atoms with van der Waals surface area (Å²) < 4.78 is 8.49. The first-order chi connectivity index (χ1) is 13.7. The Morgan fingerprint density at radius 3 is 1.75 bits per heavy atom.